The first-order valence-corrected chi connectivity index (χ1v) is 16.7. The molecule has 1 heterocycles. The molecule has 2 amide bonds. The van der Waals surface area contributed by atoms with Gasteiger partial charge in [-0.1, -0.05) is 60.7 Å². The second kappa shape index (κ2) is 16.3. The fraction of sp³-hybridized carbons (Fsp3) is 0.447. The van der Waals surface area contributed by atoms with E-state index in [9.17, 15) is 41.2 Å². The number of rotatable bonds is 10. The van der Waals surface area contributed by atoms with Crippen molar-refractivity contribution in [2.75, 3.05) is 6.61 Å². The zero-order valence-corrected chi connectivity index (χ0v) is 29.2. The Hall–Kier alpha value is -4.77. The first-order chi connectivity index (χ1) is 24.3. The van der Waals surface area contributed by atoms with Crippen molar-refractivity contribution in [2.45, 2.75) is 102 Å². The van der Waals surface area contributed by atoms with Gasteiger partial charge in [0.2, 0.25) is 0 Å². The second-order valence-corrected chi connectivity index (χ2v) is 13.7. The summed E-state index contributed by atoms with van der Waals surface area (Å²) in [5.74, 6) is 0. The summed E-state index contributed by atoms with van der Waals surface area (Å²) in [7, 11) is 0. The predicted molar refractivity (Wildman–Crippen MR) is 178 cm³/mol. The highest BCUT2D eigenvalue weighted by Gasteiger charge is 2.52. The van der Waals surface area contributed by atoms with Crippen molar-refractivity contribution in [3.63, 3.8) is 0 Å². The summed E-state index contributed by atoms with van der Waals surface area (Å²) in [6.07, 6.45) is -12.6. The van der Waals surface area contributed by atoms with Gasteiger partial charge in [-0.2, -0.15) is 31.6 Å². The van der Waals surface area contributed by atoms with Crippen molar-refractivity contribution >= 4 is 12.2 Å². The van der Waals surface area contributed by atoms with Crippen molar-refractivity contribution in [1.82, 2.24) is 10.2 Å². The number of nitrogens with one attached hydrogen (secondary N) is 1. The molecule has 3 aromatic carbocycles. The number of nitrogens with zero attached hydrogens (tertiary/aromatic N) is 2. The zero-order chi connectivity index (χ0) is 38.3. The summed E-state index contributed by atoms with van der Waals surface area (Å²) in [6.45, 7) is 5.87. The quantitative estimate of drug-likeness (QED) is 0.208. The number of ether oxygens (including phenoxy) is 3. The number of benzene rings is 3. The largest absolute Gasteiger partial charge is 0.445 e. The smallest absolute Gasteiger partial charge is 0.416 e. The molecule has 4 atom stereocenters. The van der Waals surface area contributed by atoms with Gasteiger partial charge in [0.05, 0.1) is 47.5 Å². The van der Waals surface area contributed by atoms with Gasteiger partial charge in [0.1, 0.15) is 12.2 Å². The molecule has 1 aliphatic heterocycles. The van der Waals surface area contributed by atoms with Crippen LogP contribution in [0.4, 0.5) is 35.9 Å². The van der Waals surface area contributed by atoms with Gasteiger partial charge in [-0.3, -0.25) is 4.90 Å². The molecule has 0 radical (unpaired) electrons. The molecular formula is C38H41F6N3O5. The number of alkyl carbamates (subject to hydrolysis) is 1. The van der Waals surface area contributed by atoms with E-state index in [1.54, 1.807) is 81.4 Å². The summed E-state index contributed by atoms with van der Waals surface area (Å²) in [5, 5.41) is 12.5. The molecule has 8 nitrogen and oxygen atoms in total. The number of alkyl halides is 6. The minimum Gasteiger partial charge on any atom is -0.445 e. The normalized spacial score (nSPS) is 20.1. The van der Waals surface area contributed by atoms with Gasteiger partial charge in [-0.15, -0.1) is 0 Å². The van der Waals surface area contributed by atoms with E-state index in [1.165, 1.54) is 11.8 Å². The number of nitriles is 1. The van der Waals surface area contributed by atoms with Crippen molar-refractivity contribution in [3.05, 3.63) is 107 Å². The Labute approximate surface area is 298 Å². The molecule has 52 heavy (non-hydrogen) atoms. The number of halogens is 6. The number of carbonyl (C=O) groups excluding carboxylic acids is 2. The molecule has 0 unspecified atom stereocenters. The lowest BCUT2D eigenvalue weighted by atomic mass is 9.75. The Morgan fingerprint density at radius 3 is 2.06 bits per heavy atom. The van der Waals surface area contributed by atoms with Gasteiger partial charge in [-0.05, 0) is 81.8 Å². The Kier molecular flexibility index (Phi) is 12.5. The van der Waals surface area contributed by atoms with Crippen LogP contribution in [0.5, 0.6) is 0 Å². The number of hydrogen-bond donors (Lipinski definition) is 1. The van der Waals surface area contributed by atoms with Crippen molar-refractivity contribution < 1.29 is 50.1 Å². The molecule has 14 heteroatoms. The lowest BCUT2D eigenvalue weighted by Gasteiger charge is -2.53. The molecule has 0 aromatic heterocycles. The van der Waals surface area contributed by atoms with Crippen LogP contribution in [0.1, 0.15) is 87.3 Å². The fourth-order valence-electron chi connectivity index (χ4n) is 6.30. The van der Waals surface area contributed by atoms with Crippen molar-refractivity contribution in [1.29, 1.82) is 5.26 Å². The first kappa shape index (κ1) is 40.0. The molecule has 3 aromatic rings. The SMILES string of the molecule is C[C@@H](OC[C@@]1(c2ccccc2)CC[C@H](NC(=O)OC(C)(C)C)[C@@H](CCC#N)N1C(=O)OCc1ccccc1)c1cc(C(F)(F)F)cc(C(F)(F)F)c1. The summed E-state index contributed by atoms with van der Waals surface area (Å²) in [4.78, 5) is 28.8. The van der Waals surface area contributed by atoms with Gasteiger partial charge in [0, 0.05) is 6.42 Å². The Balaban J connectivity index is 1.80. The third-order valence-corrected chi connectivity index (χ3v) is 8.74. The van der Waals surface area contributed by atoms with Gasteiger partial charge < -0.3 is 19.5 Å². The summed E-state index contributed by atoms with van der Waals surface area (Å²) < 4.78 is 99.9. The lowest BCUT2D eigenvalue weighted by molar-refractivity contribution is -0.143. The highest BCUT2D eigenvalue weighted by molar-refractivity contribution is 5.72. The van der Waals surface area contributed by atoms with Crippen LogP contribution in [0, 0.1) is 11.3 Å². The van der Waals surface area contributed by atoms with E-state index < -0.39 is 71.6 Å². The number of carbonyl (C=O) groups is 2. The van der Waals surface area contributed by atoms with Crippen molar-refractivity contribution in [3.8, 4) is 6.07 Å². The topological polar surface area (TPSA) is 101 Å². The molecule has 0 saturated carbocycles. The molecule has 4 rings (SSSR count). The van der Waals surface area contributed by atoms with Gasteiger partial charge in [-0.25, -0.2) is 9.59 Å². The second-order valence-electron chi connectivity index (χ2n) is 13.7. The number of hydrogen-bond acceptors (Lipinski definition) is 6. The molecule has 1 saturated heterocycles. The van der Waals surface area contributed by atoms with E-state index in [-0.39, 0.29) is 43.9 Å². The van der Waals surface area contributed by atoms with Crippen LogP contribution >= 0.6 is 0 Å². The third kappa shape index (κ3) is 10.2. The molecular weight excluding hydrogens is 692 g/mol. The van der Waals surface area contributed by atoms with Crippen LogP contribution in [0.2, 0.25) is 0 Å². The maximum absolute atomic E-state index is 14.4. The molecule has 0 spiro atoms. The van der Waals surface area contributed by atoms with Crippen LogP contribution < -0.4 is 5.32 Å². The third-order valence-electron chi connectivity index (χ3n) is 8.74. The number of likely N-dealkylation sites (tertiary alicyclic amines) is 1. The average Bonchev–Trinajstić information content (AvgIpc) is 3.08. The van der Waals surface area contributed by atoms with Gasteiger partial charge in [0.15, 0.2) is 0 Å². The van der Waals surface area contributed by atoms with Crippen LogP contribution in [0.15, 0.2) is 78.9 Å². The number of amides is 2. The Morgan fingerprint density at radius 2 is 1.52 bits per heavy atom. The minimum absolute atomic E-state index is 0.0355. The van der Waals surface area contributed by atoms with E-state index in [4.69, 9.17) is 14.2 Å². The predicted octanol–water partition coefficient (Wildman–Crippen LogP) is 9.70. The highest BCUT2D eigenvalue weighted by Crippen LogP contribution is 2.44. The Morgan fingerprint density at radius 1 is 0.942 bits per heavy atom. The van der Waals surface area contributed by atoms with Crippen LogP contribution in [0.3, 0.4) is 0 Å². The van der Waals surface area contributed by atoms with Crippen LogP contribution in [-0.2, 0) is 38.7 Å². The summed E-state index contributed by atoms with van der Waals surface area (Å²) in [6, 6.07) is 19.2. The van der Waals surface area contributed by atoms with E-state index in [2.05, 4.69) is 11.4 Å². The van der Waals surface area contributed by atoms with Gasteiger partial charge in [0.25, 0.3) is 0 Å². The van der Waals surface area contributed by atoms with E-state index in [0.29, 0.717) is 23.3 Å². The van der Waals surface area contributed by atoms with Gasteiger partial charge >= 0.3 is 24.5 Å². The monoisotopic (exact) mass is 733 g/mol. The summed E-state index contributed by atoms with van der Waals surface area (Å²) >= 11 is 0. The molecule has 1 fully saturated rings. The maximum Gasteiger partial charge on any atom is 0.416 e. The highest BCUT2D eigenvalue weighted by atomic mass is 19.4. The fourth-order valence-corrected chi connectivity index (χ4v) is 6.30. The van der Waals surface area contributed by atoms with E-state index in [0.717, 1.165) is 0 Å². The average molecular weight is 734 g/mol. The minimum atomic E-state index is -5.06. The molecule has 1 aliphatic rings. The van der Waals surface area contributed by atoms with E-state index >= 15 is 0 Å². The molecule has 1 N–H and O–H groups in total. The van der Waals surface area contributed by atoms with Crippen LogP contribution in [-0.4, -0.2) is 41.4 Å². The van der Waals surface area contributed by atoms with Crippen molar-refractivity contribution in [2.24, 2.45) is 0 Å². The Bertz CT molecular complexity index is 1670. The standard InChI is InChI=1S/C38H41F6N3O5/c1-25(27-20-29(37(39,40)41)22-30(21-27)38(42,43)44)51-24-36(28-14-9-6-10-15-28)18-17-31(46-33(48)52-35(2,3)4)32(16-11-19-45)47(36)34(49)50-23-26-12-7-5-8-13-26/h5-10,12-15,20-22,25,31-32H,11,16-18,23-24H2,1-4H3,(H,46,48)/t25-,31+,32-,36-/m1/s1. The molecule has 0 aliphatic carbocycles. The lowest BCUT2D eigenvalue weighted by Crippen LogP contribution is -2.66. The first-order valence-electron chi connectivity index (χ1n) is 16.7. The van der Waals surface area contributed by atoms with Crippen LogP contribution in [0.25, 0.3) is 0 Å². The van der Waals surface area contributed by atoms with E-state index in [1.807, 2.05) is 0 Å². The molecule has 0 bridgehead atoms. The maximum atomic E-state index is 14.4. The molecule has 280 valence electrons. The number of piperidine rings is 1. The zero-order valence-electron chi connectivity index (χ0n) is 29.2. The summed E-state index contributed by atoms with van der Waals surface area (Å²) in [5.41, 5.74) is -4.39.